The molecular formula is C11H5N3O. The van der Waals surface area contributed by atoms with Crippen molar-refractivity contribution < 1.29 is 4.79 Å². The zero-order valence-corrected chi connectivity index (χ0v) is 7.69. The summed E-state index contributed by atoms with van der Waals surface area (Å²) in [4.78, 5) is 15.4. The number of ketones is 1. The summed E-state index contributed by atoms with van der Waals surface area (Å²) in [7, 11) is 0. The summed E-state index contributed by atoms with van der Waals surface area (Å²) >= 11 is 0. The summed E-state index contributed by atoms with van der Waals surface area (Å²) in [6, 6.07) is 5.20. The molecule has 15 heavy (non-hydrogen) atoms. The summed E-state index contributed by atoms with van der Waals surface area (Å²) < 4.78 is 0. The molecule has 0 aromatic carbocycles. The zero-order valence-electron chi connectivity index (χ0n) is 7.69. The van der Waals surface area contributed by atoms with Crippen molar-refractivity contribution in [1.82, 2.24) is 4.98 Å². The van der Waals surface area contributed by atoms with E-state index in [1.54, 1.807) is 18.2 Å². The molecule has 2 rings (SSSR count). The molecule has 0 radical (unpaired) electrons. The van der Waals surface area contributed by atoms with Gasteiger partial charge in [-0.25, -0.2) is 0 Å². The number of Topliss-reactive ketones (excluding diaryl/α,β-unsaturated/α-hetero) is 1. The van der Waals surface area contributed by atoms with Gasteiger partial charge in [0.05, 0.1) is 0 Å². The molecule has 1 aromatic heterocycles. The SMILES string of the molecule is N#CC(C#N)=C1CC(=O)c2ccncc21. The molecule has 1 aliphatic rings. The first-order valence-corrected chi connectivity index (χ1v) is 4.29. The van der Waals surface area contributed by atoms with E-state index in [1.807, 2.05) is 0 Å². The molecule has 0 saturated carbocycles. The Morgan fingerprint density at radius 1 is 1.33 bits per heavy atom. The van der Waals surface area contributed by atoms with E-state index in [-0.39, 0.29) is 17.8 Å². The number of nitriles is 2. The van der Waals surface area contributed by atoms with Crippen molar-refractivity contribution in [2.45, 2.75) is 6.42 Å². The van der Waals surface area contributed by atoms with Gasteiger partial charge in [-0.3, -0.25) is 9.78 Å². The summed E-state index contributed by atoms with van der Waals surface area (Å²) in [6.45, 7) is 0. The highest BCUT2D eigenvalue weighted by Crippen LogP contribution is 2.33. The lowest BCUT2D eigenvalue weighted by atomic mass is 10.1. The standard InChI is InChI=1S/C11H5N3O/c12-4-7(5-13)9-3-11(15)8-1-2-14-6-10(8)9/h1-2,6H,3H2. The highest BCUT2D eigenvalue weighted by molar-refractivity contribution is 6.12. The maximum Gasteiger partial charge on any atom is 0.168 e. The number of hydrogen-bond donors (Lipinski definition) is 0. The van der Waals surface area contributed by atoms with E-state index < -0.39 is 0 Å². The van der Waals surface area contributed by atoms with Crippen LogP contribution in [0.5, 0.6) is 0 Å². The number of carbonyl (C=O) groups excluding carboxylic acids is 1. The van der Waals surface area contributed by atoms with Gasteiger partial charge in [-0.2, -0.15) is 10.5 Å². The normalized spacial score (nSPS) is 12.9. The second-order valence-corrected chi connectivity index (χ2v) is 3.10. The maximum atomic E-state index is 11.5. The Labute approximate surface area is 86.1 Å². The monoisotopic (exact) mass is 195 g/mol. The highest BCUT2D eigenvalue weighted by Gasteiger charge is 2.26. The Hall–Kier alpha value is -2.46. The van der Waals surface area contributed by atoms with E-state index in [9.17, 15) is 4.79 Å². The van der Waals surface area contributed by atoms with Gasteiger partial charge in [0.2, 0.25) is 0 Å². The predicted octanol–water partition coefficient (Wildman–Crippen LogP) is 1.47. The maximum absolute atomic E-state index is 11.5. The molecule has 70 valence electrons. The van der Waals surface area contributed by atoms with Gasteiger partial charge in [-0.05, 0) is 11.6 Å². The summed E-state index contributed by atoms with van der Waals surface area (Å²) in [6.07, 6.45) is 3.17. The number of allylic oxidation sites excluding steroid dienone is 2. The Balaban J connectivity index is 2.71. The Bertz CT molecular complexity index is 542. The van der Waals surface area contributed by atoms with Crippen LogP contribution < -0.4 is 0 Å². The molecular weight excluding hydrogens is 190 g/mol. The van der Waals surface area contributed by atoms with Crippen LogP contribution in [0.3, 0.4) is 0 Å². The Morgan fingerprint density at radius 3 is 2.73 bits per heavy atom. The molecule has 1 heterocycles. The minimum absolute atomic E-state index is 0.00454. The van der Waals surface area contributed by atoms with Crippen molar-refractivity contribution in [1.29, 1.82) is 10.5 Å². The lowest BCUT2D eigenvalue weighted by Crippen LogP contribution is -1.90. The van der Waals surface area contributed by atoms with Gasteiger partial charge in [-0.1, -0.05) is 0 Å². The third kappa shape index (κ3) is 1.29. The van der Waals surface area contributed by atoms with E-state index >= 15 is 0 Å². The van der Waals surface area contributed by atoms with Crippen LogP contribution in [0.15, 0.2) is 24.0 Å². The summed E-state index contributed by atoms with van der Waals surface area (Å²) in [5.74, 6) is -0.0644. The van der Waals surface area contributed by atoms with Crippen LogP contribution in [0.1, 0.15) is 22.3 Å². The number of pyridine rings is 1. The minimum Gasteiger partial charge on any atom is -0.294 e. The molecule has 0 aliphatic heterocycles. The van der Waals surface area contributed by atoms with Crippen molar-refractivity contribution in [2.75, 3.05) is 0 Å². The van der Waals surface area contributed by atoms with Crippen molar-refractivity contribution in [3.8, 4) is 12.1 Å². The van der Waals surface area contributed by atoms with Crippen LogP contribution in [0, 0.1) is 22.7 Å². The Kier molecular flexibility index (Phi) is 2.04. The van der Waals surface area contributed by atoms with Crippen LogP contribution >= 0.6 is 0 Å². The fourth-order valence-electron chi connectivity index (χ4n) is 1.61. The molecule has 0 saturated heterocycles. The summed E-state index contributed by atoms with van der Waals surface area (Å²) in [5, 5.41) is 17.5. The van der Waals surface area contributed by atoms with Gasteiger partial charge >= 0.3 is 0 Å². The molecule has 0 fully saturated rings. The topological polar surface area (TPSA) is 77.5 Å². The zero-order chi connectivity index (χ0) is 10.8. The van der Waals surface area contributed by atoms with Gasteiger partial charge in [0.1, 0.15) is 17.7 Å². The number of carbonyl (C=O) groups is 1. The fourth-order valence-corrected chi connectivity index (χ4v) is 1.61. The molecule has 1 aliphatic carbocycles. The minimum atomic E-state index is -0.0644. The third-order valence-corrected chi connectivity index (χ3v) is 2.31. The van der Waals surface area contributed by atoms with E-state index in [1.165, 1.54) is 12.4 Å². The largest absolute Gasteiger partial charge is 0.294 e. The number of aromatic nitrogens is 1. The van der Waals surface area contributed by atoms with E-state index in [0.29, 0.717) is 16.7 Å². The molecule has 4 nitrogen and oxygen atoms in total. The first-order valence-electron chi connectivity index (χ1n) is 4.29. The van der Waals surface area contributed by atoms with Crippen LogP contribution in [0.4, 0.5) is 0 Å². The molecule has 0 amide bonds. The van der Waals surface area contributed by atoms with Crippen LogP contribution in [0.2, 0.25) is 0 Å². The van der Waals surface area contributed by atoms with Gasteiger partial charge in [0, 0.05) is 29.9 Å². The molecule has 0 unspecified atom stereocenters. The smallest absolute Gasteiger partial charge is 0.168 e. The molecule has 0 spiro atoms. The first-order chi connectivity index (χ1) is 7.27. The van der Waals surface area contributed by atoms with Gasteiger partial charge in [0.15, 0.2) is 5.78 Å². The lowest BCUT2D eigenvalue weighted by Gasteiger charge is -1.96. The molecule has 4 heteroatoms. The lowest BCUT2D eigenvalue weighted by molar-refractivity contribution is 0.100. The van der Waals surface area contributed by atoms with Crippen LogP contribution in [0.25, 0.3) is 5.57 Å². The van der Waals surface area contributed by atoms with E-state index in [0.717, 1.165) is 0 Å². The number of fused-ring (bicyclic) bond motifs is 1. The average Bonchev–Trinajstić information content (AvgIpc) is 2.60. The highest BCUT2D eigenvalue weighted by atomic mass is 16.1. The number of rotatable bonds is 0. The molecule has 0 N–H and O–H groups in total. The molecule has 0 atom stereocenters. The van der Waals surface area contributed by atoms with Crippen molar-refractivity contribution in [3.63, 3.8) is 0 Å². The Morgan fingerprint density at radius 2 is 2.07 bits per heavy atom. The predicted molar refractivity (Wildman–Crippen MR) is 51.3 cm³/mol. The fraction of sp³-hybridized carbons (Fsp3) is 0.0909. The molecule has 1 aromatic rings. The first kappa shape index (κ1) is 9.11. The van der Waals surface area contributed by atoms with Crippen LogP contribution in [-0.2, 0) is 0 Å². The van der Waals surface area contributed by atoms with Gasteiger partial charge in [-0.15, -0.1) is 0 Å². The van der Waals surface area contributed by atoms with Crippen molar-refractivity contribution in [2.24, 2.45) is 0 Å². The summed E-state index contributed by atoms with van der Waals surface area (Å²) in [5.41, 5.74) is 1.65. The third-order valence-electron chi connectivity index (χ3n) is 2.31. The number of nitrogens with zero attached hydrogens (tertiary/aromatic N) is 3. The van der Waals surface area contributed by atoms with Crippen molar-refractivity contribution >= 4 is 11.4 Å². The molecule has 0 bridgehead atoms. The van der Waals surface area contributed by atoms with E-state index in [4.69, 9.17) is 10.5 Å². The van der Waals surface area contributed by atoms with Crippen molar-refractivity contribution in [3.05, 3.63) is 35.2 Å². The number of hydrogen-bond acceptors (Lipinski definition) is 4. The second kappa shape index (κ2) is 3.36. The van der Waals surface area contributed by atoms with Gasteiger partial charge < -0.3 is 0 Å². The second-order valence-electron chi connectivity index (χ2n) is 3.10. The average molecular weight is 195 g/mol. The van der Waals surface area contributed by atoms with Crippen LogP contribution in [-0.4, -0.2) is 10.8 Å². The van der Waals surface area contributed by atoms with Gasteiger partial charge in [0.25, 0.3) is 0 Å². The quantitative estimate of drug-likeness (QED) is 0.587. The van der Waals surface area contributed by atoms with E-state index in [2.05, 4.69) is 4.98 Å².